The van der Waals surface area contributed by atoms with Gasteiger partial charge in [-0.1, -0.05) is 18.2 Å². The normalized spacial score (nSPS) is 12.5. The fraction of sp³-hybridized carbons (Fsp3) is 0.0769. The van der Waals surface area contributed by atoms with Gasteiger partial charge in [0.15, 0.2) is 0 Å². The molecule has 0 aliphatic heterocycles. The highest BCUT2D eigenvalue weighted by Gasteiger charge is 2.16. The molecule has 88 valence electrons. The predicted molar refractivity (Wildman–Crippen MR) is 71.5 cm³/mol. The third-order valence-corrected chi connectivity index (χ3v) is 3.52. The Balaban J connectivity index is 2.47. The van der Waals surface area contributed by atoms with E-state index in [1.165, 1.54) is 0 Å². The van der Waals surface area contributed by atoms with Crippen LogP contribution in [0.3, 0.4) is 0 Å². The first-order valence-corrected chi connectivity index (χ1v) is 6.12. The summed E-state index contributed by atoms with van der Waals surface area (Å²) in [6.07, 6.45) is 0. The largest absolute Gasteiger partial charge is 0.320 e. The summed E-state index contributed by atoms with van der Waals surface area (Å²) in [6.45, 7) is 0. The van der Waals surface area contributed by atoms with Gasteiger partial charge in [-0.15, -0.1) is 0 Å². The SMILES string of the molecule is NC(c1cc(F)ccc1F)c1ccccc1I. The third-order valence-electron chi connectivity index (χ3n) is 2.53. The molecular weight excluding hydrogens is 335 g/mol. The van der Waals surface area contributed by atoms with Gasteiger partial charge < -0.3 is 5.73 Å². The van der Waals surface area contributed by atoms with Crippen LogP contribution < -0.4 is 5.73 Å². The highest BCUT2D eigenvalue weighted by atomic mass is 127. The summed E-state index contributed by atoms with van der Waals surface area (Å²) in [7, 11) is 0. The lowest BCUT2D eigenvalue weighted by Gasteiger charge is -2.15. The molecule has 0 aliphatic carbocycles. The Kier molecular flexibility index (Phi) is 3.73. The van der Waals surface area contributed by atoms with Crippen LogP contribution in [0.15, 0.2) is 42.5 Å². The van der Waals surface area contributed by atoms with E-state index in [-0.39, 0.29) is 5.56 Å². The van der Waals surface area contributed by atoms with Crippen molar-refractivity contribution in [1.29, 1.82) is 0 Å². The van der Waals surface area contributed by atoms with Crippen LogP contribution in [-0.2, 0) is 0 Å². The zero-order chi connectivity index (χ0) is 12.4. The monoisotopic (exact) mass is 345 g/mol. The average molecular weight is 345 g/mol. The Morgan fingerprint density at radius 2 is 1.71 bits per heavy atom. The van der Waals surface area contributed by atoms with Gasteiger partial charge in [0, 0.05) is 9.13 Å². The lowest BCUT2D eigenvalue weighted by molar-refractivity contribution is 0.576. The maximum Gasteiger partial charge on any atom is 0.128 e. The van der Waals surface area contributed by atoms with Gasteiger partial charge in [0.1, 0.15) is 11.6 Å². The van der Waals surface area contributed by atoms with Gasteiger partial charge in [0.05, 0.1) is 6.04 Å². The van der Waals surface area contributed by atoms with Crippen molar-refractivity contribution in [3.05, 3.63) is 68.8 Å². The lowest BCUT2D eigenvalue weighted by atomic mass is 9.99. The Hall–Kier alpha value is -1.01. The quantitative estimate of drug-likeness (QED) is 0.827. The second kappa shape index (κ2) is 5.10. The molecule has 0 aliphatic rings. The molecule has 1 nitrogen and oxygen atoms in total. The van der Waals surface area contributed by atoms with Crippen molar-refractivity contribution in [2.45, 2.75) is 6.04 Å². The van der Waals surface area contributed by atoms with Crippen molar-refractivity contribution in [3.63, 3.8) is 0 Å². The molecule has 4 heteroatoms. The molecule has 0 fully saturated rings. The van der Waals surface area contributed by atoms with Crippen molar-refractivity contribution in [2.24, 2.45) is 5.73 Å². The fourth-order valence-electron chi connectivity index (χ4n) is 1.65. The maximum atomic E-state index is 13.6. The zero-order valence-corrected chi connectivity index (χ0v) is 11.0. The number of halogens is 3. The molecule has 1 atom stereocenters. The van der Waals surface area contributed by atoms with Gasteiger partial charge in [-0.3, -0.25) is 0 Å². The maximum absolute atomic E-state index is 13.6. The Morgan fingerprint density at radius 3 is 2.41 bits per heavy atom. The van der Waals surface area contributed by atoms with Gasteiger partial charge in [0.25, 0.3) is 0 Å². The Bertz CT molecular complexity index is 543. The van der Waals surface area contributed by atoms with Crippen molar-refractivity contribution >= 4 is 22.6 Å². The fourth-order valence-corrected chi connectivity index (χ4v) is 2.37. The molecule has 1 unspecified atom stereocenters. The van der Waals surface area contributed by atoms with Crippen LogP contribution in [0.2, 0.25) is 0 Å². The van der Waals surface area contributed by atoms with Crippen LogP contribution in [-0.4, -0.2) is 0 Å². The summed E-state index contributed by atoms with van der Waals surface area (Å²) < 4.78 is 27.6. The van der Waals surface area contributed by atoms with Gasteiger partial charge in [-0.25, -0.2) is 8.78 Å². The summed E-state index contributed by atoms with van der Waals surface area (Å²) in [5, 5.41) is 0. The molecule has 0 spiro atoms. The van der Waals surface area contributed by atoms with Crippen LogP contribution in [0, 0.1) is 15.2 Å². The minimum atomic E-state index is -0.654. The molecule has 2 rings (SSSR count). The summed E-state index contributed by atoms with van der Waals surface area (Å²) in [4.78, 5) is 0. The predicted octanol–water partition coefficient (Wildman–Crippen LogP) is 3.62. The standard InChI is InChI=1S/C13H10F2IN/c14-8-5-6-11(15)10(7-8)13(17)9-3-1-2-4-12(9)16/h1-7,13H,17H2. The van der Waals surface area contributed by atoms with Gasteiger partial charge in [0.2, 0.25) is 0 Å². The first kappa shape index (κ1) is 12.4. The van der Waals surface area contributed by atoms with Crippen LogP contribution in [0.5, 0.6) is 0 Å². The van der Waals surface area contributed by atoms with Gasteiger partial charge >= 0.3 is 0 Å². The smallest absolute Gasteiger partial charge is 0.128 e. The van der Waals surface area contributed by atoms with Crippen molar-refractivity contribution in [3.8, 4) is 0 Å². The van der Waals surface area contributed by atoms with E-state index in [1.54, 1.807) is 0 Å². The molecule has 0 aromatic heterocycles. The van der Waals surface area contributed by atoms with Crippen LogP contribution in [0.25, 0.3) is 0 Å². The van der Waals surface area contributed by atoms with Crippen molar-refractivity contribution in [2.75, 3.05) is 0 Å². The van der Waals surface area contributed by atoms with Crippen LogP contribution in [0.4, 0.5) is 8.78 Å². The molecule has 0 radical (unpaired) electrons. The van der Waals surface area contributed by atoms with E-state index in [1.807, 2.05) is 24.3 Å². The first-order chi connectivity index (χ1) is 8.09. The molecule has 2 N–H and O–H groups in total. The number of rotatable bonds is 2. The molecule has 2 aromatic rings. The zero-order valence-electron chi connectivity index (χ0n) is 8.83. The highest BCUT2D eigenvalue weighted by molar-refractivity contribution is 14.1. The summed E-state index contributed by atoms with van der Waals surface area (Å²) in [5.74, 6) is -0.971. The molecule has 0 bridgehead atoms. The number of hydrogen-bond acceptors (Lipinski definition) is 1. The molecule has 0 heterocycles. The second-order valence-electron chi connectivity index (χ2n) is 3.67. The van der Waals surface area contributed by atoms with E-state index < -0.39 is 17.7 Å². The summed E-state index contributed by atoms with van der Waals surface area (Å²) >= 11 is 2.13. The topological polar surface area (TPSA) is 26.0 Å². The van der Waals surface area contributed by atoms with E-state index in [4.69, 9.17) is 5.73 Å². The third kappa shape index (κ3) is 2.63. The van der Waals surface area contributed by atoms with Gasteiger partial charge in [-0.05, 0) is 52.4 Å². The molecular formula is C13H10F2IN. The Labute approximate surface area is 112 Å². The minimum Gasteiger partial charge on any atom is -0.320 e. The minimum absolute atomic E-state index is 0.175. The van der Waals surface area contributed by atoms with Crippen LogP contribution in [0.1, 0.15) is 17.2 Å². The number of nitrogens with two attached hydrogens (primary N) is 1. The molecule has 0 saturated heterocycles. The number of hydrogen-bond donors (Lipinski definition) is 1. The lowest BCUT2D eigenvalue weighted by Crippen LogP contribution is -2.15. The summed E-state index contributed by atoms with van der Waals surface area (Å²) in [6, 6.07) is 10.1. The number of benzene rings is 2. The van der Waals surface area contributed by atoms with E-state index in [9.17, 15) is 8.78 Å². The first-order valence-electron chi connectivity index (χ1n) is 5.04. The molecule has 0 saturated carbocycles. The molecule has 17 heavy (non-hydrogen) atoms. The molecule has 2 aromatic carbocycles. The van der Waals surface area contributed by atoms with Crippen molar-refractivity contribution in [1.82, 2.24) is 0 Å². The summed E-state index contributed by atoms with van der Waals surface area (Å²) in [5.41, 5.74) is 6.94. The van der Waals surface area contributed by atoms with E-state index >= 15 is 0 Å². The highest BCUT2D eigenvalue weighted by Crippen LogP contribution is 2.26. The van der Waals surface area contributed by atoms with E-state index in [0.717, 1.165) is 27.3 Å². The van der Waals surface area contributed by atoms with E-state index in [2.05, 4.69) is 22.6 Å². The van der Waals surface area contributed by atoms with E-state index in [0.29, 0.717) is 0 Å². The molecule has 0 amide bonds. The van der Waals surface area contributed by atoms with Crippen LogP contribution >= 0.6 is 22.6 Å². The average Bonchev–Trinajstić information content (AvgIpc) is 2.32. The second-order valence-corrected chi connectivity index (χ2v) is 4.83. The van der Waals surface area contributed by atoms with Gasteiger partial charge in [-0.2, -0.15) is 0 Å². The Morgan fingerprint density at radius 1 is 1.00 bits per heavy atom. The van der Waals surface area contributed by atoms with Crippen molar-refractivity contribution < 1.29 is 8.78 Å².